The van der Waals surface area contributed by atoms with Crippen molar-refractivity contribution in [2.24, 2.45) is 0 Å². The van der Waals surface area contributed by atoms with Crippen molar-refractivity contribution in [1.29, 1.82) is 0 Å². The van der Waals surface area contributed by atoms with Crippen molar-refractivity contribution in [2.45, 2.75) is 32.4 Å². The van der Waals surface area contributed by atoms with E-state index in [1.165, 1.54) is 17.7 Å². The summed E-state index contributed by atoms with van der Waals surface area (Å²) in [6.07, 6.45) is -2.89. The zero-order chi connectivity index (χ0) is 27.5. The molecular weight excluding hydrogens is 531 g/mol. The molecule has 1 saturated heterocycles. The Morgan fingerprint density at radius 3 is 2.26 bits per heavy atom. The summed E-state index contributed by atoms with van der Waals surface area (Å²) in [6, 6.07) is 19.7. The third-order valence-electron chi connectivity index (χ3n) is 5.76. The second-order valence-corrected chi connectivity index (χ2v) is 11.3. The van der Waals surface area contributed by atoms with E-state index < -0.39 is 17.6 Å². The van der Waals surface area contributed by atoms with Crippen molar-refractivity contribution in [3.63, 3.8) is 0 Å². The molecule has 3 aromatic rings. The summed E-state index contributed by atoms with van der Waals surface area (Å²) in [5.74, 6) is 0.799. The fraction of sp³-hybridized carbons (Fsp3) is 0.241. The van der Waals surface area contributed by atoms with Gasteiger partial charge >= 0.3 is 6.18 Å². The molecule has 1 fully saturated rings. The number of benzene rings is 3. The van der Waals surface area contributed by atoms with Gasteiger partial charge in [-0.05, 0) is 53.5 Å². The quantitative estimate of drug-likeness (QED) is 0.168. The molecule has 0 atom stereocenters. The predicted octanol–water partition coefficient (Wildman–Crippen LogP) is 7.87. The van der Waals surface area contributed by atoms with E-state index in [9.17, 15) is 18.0 Å². The average molecular weight is 558 g/mol. The number of amides is 1. The molecule has 0 radical (unpaired) electrons. The molecule has 3 aromatic carbocycles. The lowest BCUT2D eigenvalue weighted by Gasteiger charge is -2.19. The van der Waals surface area contributed by atoms with Gasteiger partial charge in [0.15, 0.2) is 4.32 Å². The van der Waals surface area contributed by atoms with Crippen LogP contribution in [0.25, 0.3) is 6.08 Å². The average Bonchev–Trinajstić information content (AvgIpc) is 3.14. The minimum Gasteiger partial charge on any atom is -0.490 e. The van der Waals surface area contributed by atoms with Crippen LogP contribution in [0.3, 0.4) is 0 Å². The van der Waals surface area contributed by atoms with Crippen LogP contribution >= 0.6 is 24.0 Å². The van der Waals surface area contributed by atoms with Crippen molar-refractivity contribution in [3.8, 4) is 11.5 Å². The highest BCUT2D eigenvalue weighted by molar-refractivity contribution is 8.27. The Labute approximate surface area is 229 Å². The van der Waals surface area contributed by atoms with E-state index in [4.69, 9.17) is 21.7 Å². The minimum absolute atomic E-state index is 0.0622. The number of alkyl halides is 3. The van der Waals surface area contributed by atoms with Crippen LogP contribution < -0.4 is 14.4 Å². The van der Waals surface area contributed by atoms with Crippen molar-refractivity contribution >= 4 is 46.0 Å². The highest BCUT2D eigenvalue weighted by Gasteiger charge is 2.36. The molecule has 1 amide bonds. The Kier molecular flexibility index (Phi) is 8.18. The van der Waals surface area contributed by atoms with Gasteiger partial charge in [-0.1, -0.05) is 81.1 Å². The third-order valence-corrected chi connectivity index (χ3v) is 7.06. The molecule has 9 heteroatoms. The molecule has 4 rings (SSSR count). The lowest BCUT2D eigenvalue weighted by Crippen LogP contribution is -2.27. The van der Waals surface area contributed by atoms with Crippen LogP contribution in [-0.4, -0.2) is 23.4 Å². The highest BCUT2D eigenvalue weighted by atomic mass is 32.2. The van der Waals surface area contributed by atoms with Crippen LogP contribution in [-0.2, 0) is 16.4 Å². The van der Waals surface area contributed by atoms with E-state index in [0.29, 0.717) is 22.8 Å². The normalized spacial score (nSPS) is 15.3. The van der Waals surface area contributed by atoms with Crippen molar-refractivity contribution in [3.05, 3.63) is 94.4 Å². The van der Waals surface area contributed by atoms with E-state index in [0.717, 1.165) is 34.5 Å². The number of nitrogens with zero attached hydrogens (tertiary/aromatic N) is 1. The van der Waals surface area contributed by atoms with Gasteiger partial charge in [0, 0.05) is 5.56 Å². The molecule has 0 aliphatic carbocycles. The Morgan fingerprint density at radius 1 is 0.895 bits per heavy atom. The highest BCUT2D eigenvalue weighted by Crippen LogP contribution is 2.39. The van der Waals surface area contributed by atoms with Gasteiger partial charge in [0.2, 0.25) is 0 Å². The molecule has 1 heterocycles. The summed E-state index contributed by atoms with van der Waals surface area (Å²) in [7, 11) is 0. The second-order valence-electron chi connectivity index (χ2n) is 9.57. The zero-order valence-electron chi connectivity index (χ0n) is 21.0. The molecule has 0 unspecified atom stereocenters. The summed E-state index contributed by atoms with van der Waals surface area (Å²) in [6.45, 7) is 7.05. The number of carbonyl (C=O) groups is 1. The lowest BCUT2D eigenvalue weighted by molar-refractivity contribution is -0.137. The van der Waals surface area contributed by atoms with E-state index >= 15 is 0 Å². The Bertz CT molecular complexity index is 1360. The topological polar surface area (TPSA) is 38.8 Å². The first-order valence-corrected chi connectivity index (χ1v) is 13.1. The number of halogens is 3. The Morgan fingerprint density at radius 2 is 1.58 bits per heavy atom. The van der Waals surface area contributed by atoms with E-state index in [1.807, 2.05) is 30.3 Å². The van der Waals surface area contributed by atoms with Crippen molar-refractivity contribution < 1.29 is 27.4 Å². The minimum atomic E-state index is -4.53. The molecule has 0 saturated carbocycles. The van der Waals surface area contributed by atoms with Crippen LogP contribution in [0.15, 0.2) is 77.7 Å². The summed E-state index contributed by atoms with van der Waals surface area (Å²) in [4.78, 5) is 14.5. The number of hydrogen-bond acceptors (Lipinski definition) is 5. The molecule has 1 aliphatic heterocycles. The number of rotatable bonds is 7. The van der Waals surface area contributed by atoms with Gasteiger partial charge in [-0.25, -0.2) is 0 Å². The smallest absolute Gasteiger partial charge is 0.416 e. The van der Waals surface area contributed by atoms with Crippen molar-refractivity contribution in [2.75, 3.05) is 18.1 Å². The predicted molar refractivity (Wildman–Crippen MR) is 150 cm³/mol. The van der Waals surface area contributed by atoms with Crippen LogP contribution in [0.5, 0.6) is 11.5 Å². The maximum atomic E-state index is 13.2. The summed E-state index contributed by atoms with van der Waals surface area (Å²) in [5.41, 5.74) is 1.15. The number of thioether (sulfide) groups is 1. The zero-order valence-corrected chi connectivity index (χ0v) is 22.7. The second kappa shape index (κ2) is 11.2. The van der Waals surface area contributed by atoms with Gasteiger partial charge in [0.25, 0.3) is 5.91 Å². The molecule has 1 aliphatic rings. The fourth-order valence-electron chi connectivity index (χ4n) is 3.75. The van der Waals surface area contributed by atoms with Gasteiger partial charge in [0.05, 0.1) is 16.2 Å². The fourth-order valence-corrected chi connectivity index (χ4v) is 5.04. The molecule has 4 nitrogen and oxygen atoms in total. The summed E-state index contributed by atoms with van der Waals surface area (Å²) >= 11 is 6.35. The van der Waals surface area contributed by atoms with Gasteiger partial charge < -0.3 is 9.47 Å². The van der Waals surface area contributed by atoms with Gasteiger partial charge in [-0.2, -0.15) is 13.2 Å². The molecule has 0 spiro atoms. The third kappa shape index (κ3) is 6.57. The Balaban J connectivity index is 1.43. The largest absolute Gasteiger partial charge is 0.490 e. The van der Waals surface area contributed by atoms with E-state index in [1.54, 1.807) is 24.3 Å². The molecule has 198 valence electrons. The standard InChI is InChI=1S/C29H26F3NO3S2/c1-28(2,3)20-11-13-23(14-12-20)35-15-16-36-24-10-5-4-7-19(24)17-25-26(34)33(27(37)38-25)22-9-6-8-21(18-22)29(30,31)32/h4-14,17-18H,15-16H2,1-3H3/b25-17+. The molecule has 0 aromatic heterocycles. The number of hydrogen-bond donors (Lipinski definition) is 0. The first-order valence-electron chi connectivity index (χ1n) is 11.8. The number of thiocarbonyl (C=S) groups is 1. The Hall–Kier alpha value is -3.30. The van der Waals surface area contributed by atoms with Crippen LogP contribution in [0.2, 0.25) is 0 Å². The van der Waals surface area contributed by atoms with E-state index in [-0.39, 0.29) is 22.0 Å². The molecule has 0 bridgehead atoms. The summed E-state index contributed by atoms with van der Waals surface area (Å²) in [5, 5.41) is 0. The van der Waals surface area contributed by atoms with Crippen LogP contribution in [0.4, 0.5) is 18.9 Å². The maximum absolute atomic E-state index is 13.2. The first-order chi connectivity index (χ1) is 17.9. The maximum Gasteiger partial charge on any atom is 0.416 e. The van der Waals surface area contributed by atoms with Gasteiger partial charge in [-0.3, -0.25) is 9.69 Å². The van der Waals surface area contributed by atoms with E-state index in [2.05, 4.69) is 20.8 Å². The number of anilines is 1. The number of para-hydroxylation sites is 1. The monoisotopic (exact) mass is 557 g/mol. The van der Waals surface area contributed by atoms with Crippen molar-refractivity contribution in [1.82, 2.24) is 0 Å². The van der Waals surface area contributed by atoms with Crippen LogP contribution in [0.1, 0.15) is 37.5 Å². The van der Waals surface area contributed by atoms with Gasteiger partial charge in [-0.15, -0.1) is 0 Å². The lowest BCUT2D eigenvalue weighted by atomic mass is 9.87. The van der Waals surface area contributed by atoms with Crippen LogP contribution in [0, 0.1) is 0 Å². The molecular formula is C29H26F3NO3S2. The SMILES string of the molecule is CC(C)(C)c1ccc(OCCOc2ccccc2/C=C2/SC(=S)N(c3cccc(C(F)(F)F)c3)C2=O)cc1. The van der Waals surface area contributed by atoms with Gasteiger partial charge in [0.1, 0.15) is 24.7 Å². The number of carbonyl (C=O) groups excluding carboxylic acids is 1. The molecule has 0 N–H and O–H groups in total. The summed E-state index contributed by atoms with van der Waals surface area (Å²) < 4.78 is 51.4. The number of ether oxygens (including phenoxy) is 2. The first kappa shape index (κ1) is 27.7. The molecule has 38 heavy (non-hydrogen) atoms.